The van der Waals surface area contributed by atoms with Gasteiger partial charge in [-0.15, -0.1) is 0 Å². The summed E-state index contributed by atoms with van der Waals surface area (Å²) in [5.41, 5.74) is 0.950. The van der Waals surface area contributed by atoms with E-state index in [2.05, 4.69) is 16.0 Å². The summed E-state index contributed by atoms with van der Waals surface area (Å²) in [5.74, 6) is -0.107. The Kier molecular flexibility index (Phi) is 9.93. The molecule has 0 aliphatic heterocycles. The Morgan fingerprint density at radius 2 is 1.59 bits per heavy atom. The third-order valence-corrected chi connectivity index (χ3v) is 3.67. The van der Waals surface area contributed by atoms with Crippen LogP contribution in [0.4, 0.5) is 4.79 Å². The largest absolute Gasteiger partial charge is 0.444 e. The lowest BCUT2D eigenvalue weighted by Crippen LogP contribution is -2.32. The number of carbonyl (C=O) groups excluding carboxylic acids is 3. The number of ether oxygens (including phenoxy) is 1. The van der Waals surface area contributed by atoms with Crippen LogP contribution in [0.5, 0.6) is 0 Å². The summed E-state index contributed by atoms with van der Waals surface area (Å²) in [6.07, 6.45) is 4.13. The molecule has 27 heavy (non-hydrogen) atoms. The number of benzene rings is 1. The Morgan fingerprint density at radius 3 is 2.19 bits per heavy atom. The molecule has 7 nitrogen and oxygen atoms in total. The van der Waals surface area contributed by atoms with Gasteiger partial charge in [-0.1, -0.05) is 25.0 Å². The second kappa shape index (κ2) is 11.9. The maximum absolute atomic E-state index is 12.1. The second-order valence-corrected chi connectivity index (χ2v) is 7.29. The third-order valence-electron chi connectivity index (χ3n) is 3.67. The summed E-state index contributed by atoms with van der Waals surface area (Å²) in [5, 5.41) is 8.21. The molecule has 0 aromatic heterocycles. The number of nitrogens with one attached hydrogen (secondary N) is 3. The van der Waals surface area contributed by atoms with Crippen LogP contribution in [0.15, 0.2) is 24.3 Å². The van der Waals surface area contributed by atoms with Crippen molar-refractivity contribution in [3.05, 3.63) is 35.4 Å². The van der Waals surface area contributed by atoms with Gasteiger partial charge in [-0.25, -0.2) is 4.79 Å². The molecule has 1 rings (SSSR count). The van der Waals surface area contributed by atoms with E-state index < -0.39 is 11.7 Å². The maximum atomic E-state index is 12.1. The lowest BCUT2D eigenvalue weighted by atomic mass is 10.1. The van der Waals surface area contributed by atoms with E-state index in [-0.39, 0.29) is 5.91 Å². The minimum atomic E-state index is -0.529. The Bertz CT molecular complexity index is 594. The van der Waals surface area contributed by atoms with Crippen LogP contribution in [0.1, 0.15) is 62.4 Å². The van der Waals surface area contributed by atoms with Gasteiger partial charge in [0.05, 0.1) is 0 Å². The maximum Gasteiger partial charge on any atom is 0.407 e. The molecule has 0 aliphatic carbocycles. The van der Waals surface area contributed by atoms with Crippen LogP contribution >= 0.6 is 0 Å². The smallest absolute Gasteiger partial charge is 0.407 e. The monoisotopic (exact) mass is 377 g/mol. The predicted octanol–water partition coefficient (Wildman–Crippen LogP) is 2.75. The van der Waals surface area contributed by atoms with Crippen molar-refractivity contribution in [3.63, 3.8) is 0 Å². The number of hydrogen-bond donors (Lipinski definition) is 3. The van der Waals surface area contributed by atoms with Crippen LogP contribution in [0.3, 0.4) is 0 Å². The zero-order chi connectivity index (χ0) is 20.1. The Hall–Kier alpha value is -2.57. The summed E-state index contributed by atoms with van der Waals surface area (Å²) in [7, 11) is 0. The van der Waals surface area contributed by atoms with Crippen molar-refractivity contribution in [1.82, 2.24) is 16.0 Å². The van der Waals surface area contributed by atoms with Crippen molar-refractivity contribution in [3.8, 4) is 0 Å². The first kappa shape index (κ1) is 22.5. The van der Waals surface area contributed by atoms with Crippen molar-refractivity contribution in [2.45, 2.75) is 58.6 Å². The van der Waals surface area contributed by atoms with Crippen LogP contribution in [0.25, 0.3) is 0 Å². The fraction of sp³-hybridized carbons (Fsp3) is 0.550. The van der Waals surface area contributed by atoms with Crippen LogP contribution < -0.4 is 16.0 Å². The minimum absolute atomic E-state index is 0.107. The zero-order valence-corrected chi connectivity index (χ0v) is 16.5. The third kappa shape index (κ3) is 10.9. The van der Waals surface area contributed by atoms with Gasteiger partial charge in [0, 0.05) is 25.2 Å². The van der Waals surface area contributed by atoms with Crippen LogP contribution in [0, 0.1) is 0 Å². The highest BCUT2D eigenvalue weighted by Crippen LogP contribution is 2.08. The zero-order valence-electron chi connectivity index (χ0n) is 16.5. The fourth-order valence-electron chi connectivity index (χ4n) is 2.33. The van der Waals surface area contributed by atoms with E-state index >= 15 is 0 Å². The van der Waals surface area contributed by atoms with E-state index in [0.29, 0.717) is 31.6 Å². The standard InChI is InChI=1S/C20H31N3O4/c1-20(2,3)27-19(26)23-14-16-8-10-17(11-9-16)18(25)22-13-7-5-4-6-12-21-15-24/h8-11,15H,4-7,12-14H2,1-3H3,(H,21,24)(H,22,25)(H,23,26). The van der Waals surface area contributed by atoms with Crippen molar-refractivity contribution < 1.29 is 19.1 Å². The number of unbranched alkanes of at least 4 members (excludes halogenated alkanes) is 3. The van der Waals surface area contributed by atoms with E-state index in [1.165, 1.54) is 0 Å². The molecule has 0 atom stereocenters. The highest BCUT2D eigenvalue weighted by Gasteiger charge is 2.15. The molecule has 0 bridgehead atoms. The average molecular weight is 377 g/mol. The molecular weight excluding hydrogens is 346 g/mol. The molecule has 0 heterocycles. The molecule has 1 aromatic rings. The lowest BCUT2D eigenvalue weighted by molar-refractivity contribution is -0.109. The van der Waals surface area contributed by atoms with Gasteiger partial charge in [0.25, 0.3) is 5.91 Å². The highest BCUT2D eigenvalue weighted by atomic mass is 16.6. The first-order valence-corrected chi connectivity index (χ1v) is 9.33. The van der Waals surface area contributed by atoms with Gasteiger partial charge >= 0.3 is 6.09 Å². The Morgan fingerprint density at radius 1 is 0.963 bits per heavy atom. The van der Waals surface area contributed by atoms with E-state index in [1.807, 2.05) is 32.9 Å². The van der Waals surface area contributed by atoms with E-state index in [9.17, 15) is 14.4 Å². The molecule has 0 unspecified atom stereocenters. The van der Waals surface area contributed by atoms with Gasteiger partial charge in [-0.05, 0) is 51.3 Å². The molecular formula is C20H31N3O4. The van der Waals surface area contributed by atoms with Gasteiger partial charge in [0.1, 0.15) is 5.60 Å². The van der Waals surface area contributed by atoms with Crippen molar-refractivity contribution in [1.29, 1.82) is 0 Å². The van der Waals surface area contributed by atoms with Crippen LogP contribution in [0.2, 0.25) is 0 Å². The minimum Gasteiger partial charge on any atom is -0.444 e. The van der Waals surface area contributed by atoms with Crippen molar-refractivity contribution in [2.75, 3.05) is 13.1 Å². The summed E-state index contributed by atoms with van der Waals surface area (Å²) in [6.45, 7) is 7.10. The summed E-state index contributed by atoms with van der Waals surface area (Å²) >= 11 is 0. The lowest BCUT2D eigenvalue weighted by Gasteiger charge is -2.19. The van der Waals surface area contributed by atoms with E-state index in [1.54, 1.807) is 12.1 Å². The van der Waals surface area contributed by atoms with Crippen molar-refractivity contribution in [2.24, 2.45) is 0 Å². The number of alkyl carbamates (subject to hydrolysis) is 1. The molecule has 0 saturated carbocycles. The van der Waals surface area contributed by atoms with Gasteiger partial charge < -0.3 is 20.7 Å². The molecule has 0 saturated heterocycles. The van der Waals surface area contributed by atoms with Gasteiger partial charge in [-0.3, -0.25) is 9.59 Å². The molecule has 7 heteroatoms. The van der Waals surface area contributed by atoms with Crippen molar-refractivity contribution >= 4 is 18.4 Å². The van der Waals surface area contributed by atoms with E-state index in [0.717, 1.165) is 31.2 Å². The molecule has 3 amide bonds. The number of amides is 3. The second-order valence-electron chi connectivity index (χ2n) is 7.29. The average Bonchev–Trinajstić information content (AvgIpc) is 2.61. The van der Waals surface area contributed by atoms with Crippen LogP contribution in [-0.2, 0) is 16.1 Å². The first-order chi connectivity index (χ1) is 12.8. The Balaban J connectivity index is 2.25. The molecule has 3 N–H and O–H groups in total. The van der Waals surface area contributed by atoms with Gasteiger partial charge in [-0.2, -0.15) is 0 Å². The quantitative estimate of drug-likeness (QED) is 0.408. The number of carbonyl (C=O) groups is 3. The molecule has 150 valence electrons. The molecule has 0 fully saturated rings. The molecule has 0 radical (unpaired) electrons. The normalized spacial score (nSPS) is 10.8. The molecule has 0 spiro atoms. The summed E-state index contributed by atoms with van der Waals surface area (Å²) in [4.78, 5) is 33.8. The van der Waals surface area contributed by atoms with Gasteiger partial charge in [0.2, 0.25) is 6.41 Å². The first-order valence-electron chi connectivity index (χ1n) is 9.33. The number of hydrogen-bond acceptors (Lipinski definition) is 4. The van der Waals surface area contributed by atoms with E-state index in [4.69, 9.17) is 4.74 Å². The predicted molar refractivity (Wildman–Crippen MR) is 104 cm³/mol. The van der Waals surface area contributed by atoms with Crippen LogP contribution in [-0.4, -0.2) is 37.1 Å². The topological polar surface area (TPSA) is 96.5 Å². The number of rotatable bonds is 11. The molecule has 1 aromatic carbocycles. The SMILES string of the molecule is CC(C)(C)OC(=O)NCc1ccc(C(=O)NCCCCCCNC=O)cc1. The highest BCUT2D eigenvalue weighted by molar-refractivity contribution is 5.94. The Labute approximate surface area is 161 Å². The summed E-state index contributed by atoms with van der Waals surface area (Å²) in [6, 6.07) is 7.11. The fourth-order valence-corrected chi connectivity index (χ4v) is 2.33. The molecule has 0 aliphatic rings. The summed E-state index contributed by atoms with van der Waals surface area (Å²) < 4.78 is 5.18. The van der Waals surface area contributed by atoms with Gasteiger partial charge in [0.15, 0.2) is 0 Å².